The highest BCUT2D eigenvalue weighted by Gasteiger charge is 2.10. The summed E-state index contributed by atoms with van der Waals surface area (Å²) in [7, 11) is 0. The summed E-state index contributed by atoms with van der Waals surface area (Å²) < 4.78 is 10.2. The van der Waals surface area contributed by atoms with Crippen molar-refractivity contribution in [3.63, 3.8) is 0 Å². The van der Waals surface area contributed by atoms with Gasteiger partial charge in [-0.3, -0.25) is 4.79 Å². The minimum absolute atomic E-state index is 0.0514. The zero-order valence-corrected chi connectivity index (χ0v) is 13.3. The van der Waals surface area contributed by atoms with Gasteiger partial charge in [0.2, 0.25) is 0 Å². The van der Waals surface area contributed by atoms with Crippen LogP contribution in [0.3, 0.4) is 0 Å². The fourth-order valence-corrected chi connectivity index (χ4v) is 2.06. The topological polar surface area (TPSA) is 67.8 Å². The maximum atomic E-state index is 11.1. The second kappa shape index (κ2) is 9.84. The maximum Gasteiger partial charge on any atom is 0.307 e. The molecule has 0 aliphatic rings. The SMILES string of the molecule is CCOC(=O)CCNCC(O)COc1c(Cl)cccc1Cl. The van der Waals surface area contributed by atoms with Gasteiger partial charge in [-0.2, -0.15) is 0 Å². The summed E-state index contributed by atoms with van der Waals surface area (Å²) in [6.45, 7) is 2.90. The number of aliphatic hydroxyl groups is 1. The molecule has 1 aromatic rings. The van der Waals surface area contributed by atoms with Crippen molar-refractivity contribution in [1.82, 2.24) is 5.32 Å². The first-order chi connectivity index (χ1) is 10.0. The van der Waals surface area contributed by atoms with E-state index in [4.69, 9.17) is 32.7 Å². The molecule has 7 heteroatoms. The number of rotatable bonds is 9. The standard InChI is InChI=1S/C14H19Cl2NO4/c1-2-20-13(19)6-7-17-8-10(18)9-21-14-11(15)4-3-5-12(14)16/h3-5,10,17-18H,2,6-9H2,1H3. The Morgan fingerprint density at radius 2 is 2.05 bits per heavy atom. The predicted molar refractivity (Wildman–Crippen MR) is 82.1 cm³/mol. The molecule has 0 radical (unpaired) electrons. The van der Waals surface area contributed by atoms with E-state index in [0.29, 0.717) is 35.5 Å². The van der Waals surface area contributed by atoms with Crippen LogP contribution in [0, 0.1) is 0 Å². The Bertz CT molecular complexity index is 436. The summed E-state index contributed by atoms with van der Waals surface area (Å²) in [6, 6.07) is 5.03. The quantitative estimate of drug-likeness (QED) is 0.535. The molecule has 0 spiro atoms. The maximum absolute atomic E-state index is 11.1. The largest absolute Gasteiger partial charge is 0.488 e. The summed E-state index contributed by atoms with van der Waals surface area (Å²) in [6.07, 6.45) is -0.475. The van der Waals surface area contributed by atoms with E-state index in [2.05, 4.69) is 5.32 Å². The van der Waals surface area contributed by atoms with Crippen LogP contribution in [0.15, 0.2) is 18.2 Å². The van der Waals surface area contributed by atoms with Crippen molar-refractivity contribution in [3.8, 4) is 5.75 Å². The molecule has 0 saturated heterocycles. The fourth-order valence-electron chi connectivity index (χ4n) is 1.55. The van der Waals surface area contributed by atoms with Crippen molar-refractivity contribution in [2.24, 2.45) is 0 Å². The van der Waals surface area contributed by atoms with Crippen LogP contribution in [0.2, 0.25) is 10.0 Å². The van der Waals surface area contributed by atoms with Gasteiger partial charge in [0.05, 0.1) is 23.1 Å². The van der Waals surface area contributed by atoms with Crippen LogP contribution in [0.4, 0.5) is 0 Å². The predicted octanol–water partition coefficient (Wildman–Crippen LogP) is 2.28. The van der Waals surface area contributed by atoms with Crippen LogP contribution in [0.5, 0.6) is 5.75 Å². The van der Waals surface area contributed by atoms with Gasteiger partial charge in [0.1, 0.15) is 12.7 Å². The van der Waals surface area contributed by atoms with Gasteiger partial charge in [-0.05, 0) is 19.1 Å². The molecule has 0 aliphatic heterocycles. The minimum atomic E-state index is -0.737. The Kier molecular flexibility index (Phi) is 8.45. The molecule has 1 rings (SSSR count). The lowest BCUT2D eigenvalue weighted by Gasteiger charge is -2.14. The summed E-state index contributed by atoms with van der Waals surface area (Å²) in [4.78, 5) is 11.1. The molecule has 118 valence electrons. The normalized spacial score (nSPS) is 12.0. The van der Waals surface area contributed by atoms with E-state index < -0.39 is 6.10 Å². The molecule has 5 nitrogen and oxygen atoms in total. The highest BCUT2D eigenvalue weighted by molar-refractivity contribution is 6.37. The monoisotopic (exact) mass is 335 g/mol. The van der Waals surface area contributed by atoms with Crippen molar-refractivity contribution in [2.75, 3.05) is 26.3 Å². The number of hydrogen-bond donors (Lipinski definition) is 2. The number of carbonyl (C=O) groups excluding carboxylic acids is 1. The van der Waals surface area contributed by atoms with Crippen LogP contribution in [-0.4, -0.2) is 43.5 Å². The lowest BCUT2D eigenvalue weighted by molar-refractivity contribution is -0.143. The molecular formula is C14H19Cl2NO4. The van der Waals surface area contributed by atoms with E-state index in [1.165, 1.54) is 0 Å². The number of hydrogen-bond acceptors (Lipinski definition) is 5. The van der Waals surface area contributed by atoms with Crippen molar-refractivity contribution in [3.05, 3.63) is 28.2 Å². The van der Waals surface area contributed by atoms with Crippen LogP contribution in [-0.2, 0) is 9.53 Å². The molecule has 0 aliphatic carbocycles. The fraction of sp³-hybridized carbons (Fsp3) is 0.500. The minimum Gasteiger partial charge on any atom is -0.488 e. The molecule has 1 atom stereocenters. The molecule has 2 N–H and O–H groups in total. The molecule has 21 heavy (non-hydrogen) atoms. The van der Waals surface area contributed by atoms with E-state index >= 15 is 0 Å². The first-order valence-corrected chi connectivity index (χ1v) is 7.41. The van der Waals surface area contributed by atoms with Crippen LogP contribution in [0.25, 0.3) is 0 Å². The van der Waals surface area contributed by atoms with Crippen molar-refractivity contribution in [2.45, 2.75) is 19.4 Å². The van der Waals surface area contributed by atoms with Crippen molar-refractivity contribution >= 4 is 29.2 Å². The first-order valence-electron chi connectivity index (χ1n) is 6.65. The number of carbonyl (C=O) groups is 1. The van der Waals surface area contributed by atoms with Gasteiger partial charge in [0, 0.05) is 13.1 Å². The van der Waals surface area contributed by atoms with Gasteiger partial charge in [-0.25, -0.2) is 0 Å². The summed E-state index contributed by atoms with van der Waals surface area (Å²) in [5, 5.41) is 13.5. The first kappa shape index (κ1) is 18.0. The lowest BCUT2D eigenvalue weighted by atomic mass is 10.3. The number of nitrogens with one attached hydrogen (secondary N) is 1. The van der Waals surface area contributed by atoms with E-state index in [0.717, 1.165) is 0 Å². The highest BCUT2D eigenvalue weighted by atomic mass is 35.5. The Balaban J connectivity index is 2.22. The number of benzene rings is 1. The van der Waals surface area contributed by atoms with Gasteiger partial charge in [0.15, 0.2) is 5.75 Å². The van der Waals surface area contributed by atoms with Gasteiger partial charge < -0.3 is 19.9 Å². The van der Waals surface area contributed by atoms with Gasteiger partial charge in [-0.15, -0.1) is 0 Å². The molecule has 0 fully saturated rings. The molecule has 0 heterocycles. The molecule has 0 amide bonds. The van der Waals surface area contributed by atoms with Crippen LogP contribution >= 0.6 is 23.2 Å². The summed E-state index contributed by atoms with van der Waals surface area (Å²) in [5.74, 6) is 0.0880. The van der Waals surface area contributed by atoms with E-state index in [1.807, 2.05) is 0 Å². The third-order valence-electron chi connectivity index (χ3n) is 2.53. The second-order valence-electron chi connectivity index (χ2n) is 4.27. The molecule has 1 unspecified atom stereocenters. The van der Waals surface area contributed by atoms with Crippen molar-refractivity contribution < 1.29 is 19.4 Å². The zero-order chi connectivity index (χ0) is 15.7. The third kappa shape index (κ3) is 7.00. The summed E-state index contributed by atoms with van der Waals surface area (Å²) >= 11 is 11.9. The van der Waals surface area contributed by atoms with E-state index in [1.54, 1.807) is 25.1 Å². The Morgan fingerprint density at radius 3 is 2.67 bits per heavy atom. The molecule has 0 saturated carbocycles. The van der Waals surface area contributed by atoms with Crippen molar-refractivity contribution in [1.29, 1.82) is 0 Å². The molecule has 0 bridgehead atoms. The summed E-state index contributed by atoms with van der Waals surface area (Å²) in [5.41, 5.74) is 0. The number of esters is 1. The average Bonchev–Trinajstić information content (AvgIpc) is 2.43. The number of halogens is 2. The number of aliphatic hydroxyl groups excluding tert-OH is 1. The smallest absolute Gasteiger partial charge is 0.307 e. The van der Waals surface area contributed by atoms with Crippen LogP contribution in [0.1, 0.15) is 13.3 Å². The Morgan fingerprint density at radius 1 is 1.38 bits per heavy atom. The molecule has 1 aromatic carbocycles. The lowest BCUT2D eigenvalue weighted by Crippen LogP contribution is -2.32. The highest BCUT2D eigenvalue weighted by Crippen LogP contribution is 2.32. The molecular weight excluding hydrogens is 317 g/mol. The number of para-hydroxylation sites is 1. The van der Waals surface area contributed by atoms with E-state index in [-0.39, 0.29) is 19.0 Å². The van der Waals surface area contributed by atoms with Gasteiger partial charge in [-0.1, -0.05) is 29.3 Å². The van der Waals surface area contributed by atoms with E-state index in [9.17, 15) is 9.90 Å². The third-order valence-corrected chi connectivity index (χ3v) is 3.13. The number of ether oxygens (including phenoxy) is 2. The second-order valence-corrected chi connectivity index (χ2v) is 5.09. The average molecular weight is 336 g/mol. The van der Waals surface area contributed by atoms with Gasteiger partial charge in [0.25, 0.3) is 0 Å². The van der Waals surface area contributed by atoms with Crippen LogP contribution < -0.4 is 10.1 Å². The Hall–Kier alpha value is -1.01. The zero-order valence-electron chi connectivity index (χ0n) is 11.8. The molecule has 0 aromatic heterocycles. The van der Waals surface area contributed by atoms with Gasteiger partial charge >= 0.3 is 5.97 Å². The Labute approximate surface area is 134 Å².